The largest absolute Gasteiger partial charge is 0.497 e. The lowest BCUT2D eigenvalue weighted by Crippen LogP contribution is -2.43. The van der Waals surface area contributed by atoms with E-state index in [1.807, 2.05) is 54.7 Å². The maximum atomic E-state index is 12.9. The zero-order valence-corrected chi connectivity index (χ0v) is 15.8. The van der Waals surface area contributed by atoms with Crippen molar-refractivity contribution in [1.29, 1.82) is 0 Å². The van der Waals surface area contributed by atoms with Crippen molar-refractivity contribution in [2.75, 3.05) is 25.5 Å². The number of rotatable bonds is 4. The van der Waals surface area contributed by atoms with Crippen molar-refractivity contribution < 1.29 is 14.3 Å². The summed E-state index contributed by atoms with van der Waals surface area (Å²) in [6.45, 7) is 1.11. The van der Waals surface area contributed by atoms with E-state index in [1.54, 1.807) is 12.0 Å². The van der Waals surface area contributed by atoms with Gasteiger partial charge in [0, 0.05) is 41.4 Å². The number of aromatic amines is 1. The van der Waals surface area contributed by atoms with Crippen LogP contribution in [0.15, 0.2) is 54.7 Å². The molecule has 1 atom stereocenters. The van der Waals surface area contributed by atoms with Crippen molar-refractivity contribution in [3.8, 4) is 5.75 Å². The highest BCUT2D eigenvalue weighted by atomic mass is 16.5. The van der Waals surface area contributed by atoms with Crippen LogP contribution in [0.1, 0.15) is 23.2 Å². The van der Waals surface area contributed by atoms with E-state index in [2.05, 4.69) is 10.3 Å². The lowest BCUT2D eigenvalue weighted by Gasteiger charge is -2.32. The molecule has 2 heterocycles. The standard InChI is InChI=1S/C22H23N3O3/c1-28-19-7-5-18(6-8-19)24-21(26)17-3-2-12-25(14-17)22(27)16-4-9-20-15(13-16)10-11-23-20/h4-11,13,17,23H,2-3,12,14H2,1H3,(H,24,26). The predicted molar refractivity (Wildman–Crippen MR) is 109 cm³/mol. The number of benzene rings is 2. The monoisotopic (exact) mass is 377 g/mol. The molecule has 0 saturated carbocycles. The Kier molecular flexibility index (Phi) is 5.02. The van der Waals surface area contributed by atoms with Crippen molar-refractivity contribution >= 4 is 28.4 Å². The SMILES string of the molecule is COc1ccc(NC(=O)C2CCCN(C(=O)c3ccc4[nH]ccc4c3)C2)cc1. The molecule has 6 heteroatoms. The second kappa shape index (κ2) is 7.76. The molecule has 3 aromatic rings. The van der Waals surface area contributed by atoms with E-state index >= 15 is 0 Å². The quantitative estimate of drug-likeness (QED) is 0.729. The van der Waals surface area contributed by atoms with Gasteiger partial charge in [-0.15, -0.1) is 0 Å². The molecule has 2 aromatic carbocycles. The number of anilines is 1. The van der Waals surface area contributed by atoms with E-state index in [1.165, 1.54) is 0 Å². The van der Waals surface area contributed by atoms with E-state index in [0.717, 1.165) is 35.2 Å². The topological polar surface area (TPSA) is 74.4 Å². The van der Waals surface area contributed by atoms with Crippen molar-refractivity contribution in [3.05, 3.63) is 60.3 Å². The number of methoxy groups -OCH3 is 1. The molecule has 0 bridgehead atoms. The first-order valence-electron chi connectivity index (χ1n) is 9.45. The summed E-state index contributed by atoms with van der Waals surface area (Å²) in [5.74, 6) is 0.455. The third-order valence-corrected chi connectivity index (χ3v) is 5.24. The van der Waals surface area contributed by atoms with E-state index < -0.39 is 0 Å². The van der Waals surface area contributed by atoms with Gasteiger partial charge in [-0.1, -0.05) is 0 Å². The molecule has 6 nitrogen and oxygen atoms in total. The Morgan fingerprint density at radius 3 is 2.75 bits per heavy atom. The number of amides is 2. The van der Waals surface area contributed by atoms with E-state index in [0.29, 0.717) is 18.7 Å². The lowest BCUT2D eigenvalue weighted by molar-refractivity contribution is -0.121. The van der Waals surface area contributed by atoms with Crippen LogP contribution < -0.4 is 10.1 Å². The first-order chi connectivity index (χ1) is 13.6. The number of carbonyl (C=O) groups excluding carboxylic acids is 2. The van der Waals surface area contributed by atoms with Gasteiger partial charge >= 0.3 is 0 Å². The molecule has 1 aromatic heterocycles. The first-order valence-corrected chi connectivity index (χ1v) is 9.45. The summed E-state index contributed by atoms with van der Waals surface area (Å²) in [5.41, 5.74) is 2.39. The molecule has 28 heavy (non-hydrogen) atoms. The number of ether oxygens (including phenoxy) is 1. The highest BCUT2D eigenvalue weighted by Gasteiger charge is 2.29. The van der Waals surface area contributed by atoms with E-state index in [9.17, 15) is 9.59 Å². The van der Waals surface area contributed by atoms with Crippen LogP contribution in [0.25, 0.3) is 10.9 Å². The van der Waals surface area contributed by atoms with Gasteiger partial charge in [0.25, 0.3) is 5.91 Å². The smallest absolute Gasteiger partial charge is 0.253 e. The molecule has 1 aliphatic rings. The van der Waals surface area contributed by atoms with Crippen LogP contribution in [0.2, 0.25) is 0 Å². The van der Waals surface area contributed by atoms with Crippen LogP contribution in [0.5, 0.6) is 5.75 Å². The van der Waals surface area contributed by atoms with Crippen LogP contribution in [-0.2, 0) is 4.79 Å². The van der Waals surface area contributed by atoms with Gasteiger partial charge in [0.1, 0.15) is 5.75 Å². The fourth-order valence-corrected chi connectivity index (χ4v) is 3.66. The second-order valence-electron chi connectivity index (χ2n) is 7.09. The maximum absolute atomic E-state index is 12.9. The Morgan fingerprint density at radius 1 is 1.14 bits per heavy atom. The van der Waals surface area contributed by atoms with Crippen molar-refractivity contribution in [3.63, 3.8) is 0 Å². The Labute approximate surface area is 163 Å². The highest BCUT2D eigenvalue weighted by molar-refractivity contribution is 5.99. The number of hydrogen-bond acceptors (Lipinski definition) is 3. The molecule has 1 unspecified atom stereocenters. The Hall–Kier alpha value is -3.28. The molecule has 4 rings (SSSR count). The molecule has 0 spiro atoms. The van der Waals surface area contributed by atoms with Crippen LogP contribution >= 0.6 is 0 Å². The lowest BCUT2D eigenvalue weighted by atomic mass is 9.96. The van der Waals surface area contributed by atoms with E-state index in [-0.39, 0.29) is 17.7 Å². The highest BCUT2D eigenvalue weighted by Crippen LogP contribution is 2.23. The number of hydrogen-bond donors (Lipinski definition) is 2. The fourth-order valence-electron chi connectivity index (χ4n) is 3.66. The molecule has 1 saturated heterocycles. The number of aromatic nitrogens is 1. The van der Waals surface area contributed by atoms with Gasteiger partial charge < -0.3 is 19.9 Å². The summed E-state index contributed by atoms with van der Waals surface area (Å²) in [4.78, 5) is 30.5. The molecule has 1 aliphatic heterocycles. The number of nitrogens with one attached hydrogen (secondary N) is 2. The summed E-state index contributed by atoms with van der Waals surface area (Å²) >= 11 is 0. The molecule has 144 valence electrons. The first kappa shape index (κ1) is 18.1. The number of H-pyrrole nitrogens is 1. The number of likely N-dealkylation sites (tertiary alicyclic amines) is 1. The summed E-state index contributed by atoms with van der Waals surface area (Å²) < 4.78 is 5.14. The predicted octanol–water partition coefficient (Wildman–Crippen LogP) is 3.67. The molecule has 2 amide bonds. The zero-order chi connectivity index (χ0) is 19.5. The van der Waals surface area contributed by atoms with Crippen molar-refractivity contribution in [2.45, 2.75) is 12.8 Å². The van der Waals surface area contributed by atoms with Gasteiger partial charge in [-0.05, 0) is 61.4 Å². The third-order valence-electron chi connectivity index (χ3n) is 5.24. The Bertz CT molecular complexity index is 994. The molecule has 0 aliphatic carbocycles. The van der Waals surface area contributed by atoms with Crippen LogP contribution in [0.3, 0.4) is 0 Å². The number of piperidine rings is 1. The number of nitrogens with zero attached hydrogens (tertiary/aromatic N) is 1. The summed E-state index contributed by atoms with van der Waals surface area (Å²) in [7, 11) is 1.61. The van der Waals surface area contributed by atoms with Gasteiger partial charge in [-0.2, -0.15) is 0 Å². The number of fused-ring (bicyclic) bond motifs is 1. The summed E-state index contributed by atoms with van der Waals surface area (Å²) in [6.07, 6.45) is 3.46. The molecular weight excluding hydrogens is 354 g/mol. The van der Waals surface area contributed by atoms with Crippen LogP contribution in [0.4, 0.5) is 5.69 Å². The van der Waals surface area contributed by atoms with Crippen molar-refractivity contribution in [1.82, 2.24) is 9.88 Å². The summed E-state index contributed by atoms with van der Waals surface area (Å²) in [6, 6.07) is 14.8. The molecule has 1 fully saturated rings. The van der Waals surface area contributed by atoms with E-state index in [4.69, 9.17) is 4.74 Å². The normalized spacial score (nSPS) is 16.8. The third kappa shape index (κ3) is 3.71. The van der Waals surface area contributed by atoms with Crippen molar-refractivity contribution in [2.24, 2.45) is 5.92 Å². The molecule has 0 radical (unpaired) electrons. The Morgan fingerprint density at radius 2 is 1.96 bits per heavy atom. The van der Waals surface area contributed by atoms with Gasteiger partial charge in [-0.3, -0.25) is 9.59 Å². The molecule has 2 N–H and O–H groups in total. The minimum Gasteiger partial charge on any atom is -0.497 e. The maximum Gasteiger partial charge on any atom is 0.253 e. The van der Waals surface area contributed by atoms with Crippen LogP contribution in [-0.4, -0.2) is 41.9 Å². The number of carbonyl (C=O) groups is 2. The van der Waals surface area contributed by atoms with Gasteiger partial charge in [0.05, 0.1) is 13.0 Å². The zero-order valence-electron chi connectivity index (χ0n) is 15.8. The molecular formula is C22H23N3O3. The Balaban J connectivity index is 1.42. The average Bonchev–Trinajstić information content (AvgIpc) is 3.21. The minimum absolute atomic E-state index is 0.0231. The summed E-state index contributed by atoms with van der Waals surface area (Å²) in [5, 5.41) is 3.96. The fraction of sp³-hybridized carbons (Fsp3) is 0.273. The van der Waals surface area contributed by atoms with Gasteiger partial charge in [-0.25, -0.2) is 0 Å². The van der Waals surface area contributed by atoms with Gasteiger partial charge in [0.2, 0.25) is 5.91 Å². The van der Waals surface area contributed by atoms with Crippen LogP contribution in [0, 0.1) is 5.92 Å². The minimum atomic E-state index is -0.212. The van der Waals surface area contributed by atoms with Gasteiger partial charge in [0.15, 0.2) is 0 Å². The average molecular weight is 377 g/mol. The second-order valence-corrected chi connectivity index (χ2v) is 7.09.